The Labute approximate surface area is 115 Å². The first-order valence-electron chi connectivity index (χ1n) is 5.95. The Morgan fingerprint density at radius 2 is 1.89 bits per heavy atom. The Hall–Kier alpha value is -0.370. The van der Waals surface area contributed by atoms with Crippen LogP contribution in [0.1, 0.15) is 31.4 Å². The maximum absolute atomic E-state index is 12.4. The fraction of sp³-hybridized carbons (Fsp3) is 0.636. The summed E-state index contributed by atoms with van der Waals surface area (Å²) in [6.45, 7) is 0.789. The fourth-order valence-corrected chi connectivity index (χ4v) is 4.55. The van der Waals surface area contributed by atoms with Crippen LogP contribution in [0.5, 0.6) is 0 Å². The predicted octanol–water partition coefficient (Wildman–Crippen LogP) is 2.10. The molecule has 1 N–H and O–H groups in total. The Bertz CT molecular complexity index is 503. The highest BCUT2D eigenvalue weighted by atomic mass is 79.9. The van der Waals surface area contributed by atoms with E-state index >= 15 is 0 Å². The van der Waals surface area contributed by atoms with Crippen LogP contribution in [0, 0.1) is 0 Å². The minimum Gasteiger partial charge on any atom is -0.450 e. The molecule has 0 unspecified atom stereocenters. The van der Waals surface area contributed by atoms with Gasteiger partial charge in [-0.05, 0) is 28.8 Å². The average molecular weight is 338 g/mol. The van der Waals surface area contributed by atoms with Gasteiger partial charge in [-0.25, -0.2) is 8.42 Å². The summed E-state index contributed by atoms with van der Waals surface area (Å²) in [7, 11) is -3.52. The monoisotopic (exact) mass is 337 g/mol. The van der Waals surface area contributed by atoms with Crippen molar-refractivity contribution < 1.29 is 17.9 Å². The summed E-state index contributed by atoms with van der Waals surface area (Å²) in [5, 5.41) is 8.97. The summed E-state index contributed by atoms with van der Waals surface area (Å²) >= 11 is 3.10. The molecule has 1 aromatic rings. The van der Waals surface area contributed by atoms with Gasteiger partial charge in [-0.15, -0.1) is 0 Å². The Balaban J connectivity index is 2.31. The number of hydrogen-bond donors (Lipinski definition) is 1. The SMILES string of the molecule is O=S(=O)(c1cc(CO)oc1Br)N1CCCCCC1. The van der Waals surface area contributed by atoms with Crippen molar-refractivity contribution in [2.24, 2.45) is 0 Å². The third-order valence-electron chi connectivity index (χ3n) is 3.05. The van der Waals surface area contributed by atoms with E-state index < -0.39 is 10.0 Å². The zero-order chi connectivity index (χ0) is 13.2. The highest BCUT2D eigenvalue weighted by molar-refractivity contribution is 9.10. The lowest BCUT2D eigenvalue weighted by Crippen LogP contribution is -2.31. The van der Waals surface area contributed by atoms with Gasteiger partial charge < -0.3 is 9.52 Å². The van der Waals surface area contributed by atoms with Crippen molar-refractivity contribution in [3.63, 3.8) is 0 Å². The van der Waals surface area contributed by atoms with Crippen LogP contribution in [-0.2, 0) is 16.6 Å². The van der Waals surface area contributed by atoms with Crippen LogP contribution in [0.15, 0.2) is 20.0 Å². The van der Waals surface area contributed by atoms with E-state index in [0.29, 0.717) is 13.1 Å². The minimum atomic E-state index is -3.52. The molecule has 0 aliphatic carbocycles. The third-order valence-corrected chi connectivity index (χ3v) is 5.80. The lowest BCUT2D eigenvalue weighted by molar-refractivity contribution is 0.245. The summed E-state index contributed by atoms with van der Waals surface area (Å²) < 4.78 is 31.7. The van der Waals surface area contributed by atoms with Gasteiger partial charge in [0.1, 0.15) is 17.3 Å². The molecule has 0 radical (unpaired) electrons. The molecule has 1 aromatic heterocycles. The molecule has 102 valence electrons. The van der Waals surface area contributed by atoms with E-state index in [9.17, 15) is 8.42 Å². The van der Waals surface area contributed by atoms with Crippen LogP contribution in [0.4, 0.5) is 0 Å². The minimum absolute atomic E-state index is 0.105. The largest absolute Gasteiger partial charge is 0.450 e. The van der Waals surface area contributed by atoms with E-state index in [1.54, 1.807) is 0 Å². The molecular formula is C11H16BrNO4S. The molecule has 0 spiro atoms. The Morgan fingerprint density at radius 3 is 2.39 bits per heavy atom. The van der Waals surface area contributed by atoms with Crippen molar-refractivity contribution in [3.8, 4) is 0 Å². The number of sulfonamides is 1. The van der Waals surface area contributed by atoms with Gasteiger partial charge in [0.2, 0.25) is 10.0 Å². The molecule has 1 fully saturated rings. The lowest BCUT2D eigenvalue weighted by Gasteiger charge is -2.18. The van der Waals surface area contributed by atoms with Gasteiger partial charge in [0.05, 0.1) is 0 Å². The molecule has 2 rings (SSSR count). The van der Waals surface area contributed by atoms with Crippen molar-refractivity contribution in [1.82, 2.24) is 4.31 Å². The smallest absolute Gasteiger partial charge is 0.247 e. The highest BCUT2D eigenvalue weighted by Gasteiger charge is 2.29. The van der Waals surface area contributed by atoms with Gasteiger partial charge in [-0.3, -0.25) is 0 Å². The standard InChI is InChI=1S/C11H16BrNO4S/c12-11-10(7-9(8-14)17-11)18(15,16)13-5-3-1-2-4-6-13/h7,14H,1-6,8H2. The maximum atomic E-state index is 12.4. The van der Waals surface area contributed by atoms with Gasteiger partial charge in [0, 0.05) is 19.2 Å². The second-order valence-corrected chi connectivity index (χ2v) is 6.95. The first-order valence-corrected chi connectivity index (χ1v) is 8.18. The van der Waals surface area contributed by atoms with Crippen LogP contribution in [-0.4, -0.2) is 30.9 Å². The second kappa shape index (κ2) is 5.73. The summed E-state index contributed by atoms with van der Waals surface area (Å²) in [5.41, 5.74) is 0. The number of rotatable bonds is 3. The van der Waals surface area contributed by atoms with E-state index in [2.05, 4.69) is 15.9 Å². The Kier molecular flexibility index (Phi) is 4.47. The second-order valence-electron chi connectivity index (χ2n) is 4.33. The fourth-order valence-electron chi connectivity index (χ4n) is 2.07. The number of furan rings is 1. The van der Waals surface area contributed by atoms with E-state index in [-0.39, 0.29) is 21.9 Å². The van der Waals surface area contributed by atoms with Crippen LogP contribution in [0.25, 0.3) is 0 Å². The van der Waals surface area contributed by atoms with Crippen molar-refractivity contribution in [2.45, 2.75) is 37.2 Å². The molecule has 2 heterocycles. The van der Waals surface area contributed by atoms with E-state index in [1.807, 2.05) is 0 Å². The first kappa shape index (κ1) is 14.0. The van der Waals surface area contributed by atoms with Gasteiger partial charge in [0.25, 0.3) is 0 Å². The van der Waals surface area contributed by atoms with E-state index in [4.69, 9.17) is 9.52 Å². The van der Waals surface area contributed by atoms with Crippen LogP contribution in [0.3, 0.4) is 0 Å². The van der Waals surface area contributed by atoms with Crippen molar-refractivity contribution in [3.05, 3.63) is 16.5 Å². The molecule has 0 bridgehead atoms. The topological polar surface area (TPSA) is 70.8 Å². The van der Waals surface area contributed by atoms with E-state index in [1.165, 1.54) is 10.4 Å². The first-order chi connectivity index (χ1) is 8.55. The van der Waals surface area contributed by atoms with E-state index in [0.717, 1.165) is 25.7 Å². The molecule has 7 heteroatoms. The van der Waals surface area contributed by atoms with Gasteiger partial charge in [-0.1, -0.05) is 12.8 Å². The summed E-state index contributed by atoms with van der Waals surface area (Å²) in [6.07, 6.45) is 3.92. The molecule has 0 aromatic carbocycles. The average Bonchev–Trinajstić information content (AvgIpc) is 2.55. The zero-order valence-electron chi connectivity index (χ0n) is 9.93. The van der Waals surface area contributed by atoms with Crippen LogP contribution >= 0.6 is 15.9 Å². The molecule has 1 saturated heterocycles. The molecule has 0 amide bonds. The van der Waals surface area contributed by atoms with Crippen molar-refractivity contribution in [2.75, 3.05) is 13.1 Å². The Morgan fingerprint density at radius 1 is 1.28 bits per heavy atom. The number of nitrogens with zero attached hydrogens (tertiary/aromatic N) is 1. The number of halogens is 1. The molecular weight excluding hydrogens is 322 g/mol. The van der Waals surface area contributed by atoms with Crippen molar-refractivity contribution >= 4 is 26.0 Å². The summed E-state index contributed by atoms with van der Waals surface area (Å²) in [6, 6.07) is 1.38. The summed E-state index contributed by atoms with van der Waals surface area (Å²) in [5.74, 6) is 0.246. The van der Waals surface area contributed by atoms with Gasteiger partial charge in [0.15, 0.2) is 4.67 Å². The molecule has 0 saturated carbocycles. The lowest BCUT2D eigenvalue weighted by atomic mass is 10.2. The predicted molar refractivity (Wildman–Crippen MR) is 69.6 cm³/mol. The normalized spacial score (nSPS) is 18.8. The number of hydrogen-bond acceptors (Lipinski definition) is 4. The zero-order valence-corrected chi connectivity index (χ0v) is 12.3. The van der Waals surface area contributed by atoms with Gasteiger partial charge >= 0.3 is 0 Å². The molecule has 0 atom stereocenters. The molecule has 1 aliphatic rings. The summed E-state index contributed by atoms with van der Waals surface area (Å²) in [4.78, 5) is 0.105. The number of aliphatic hydroxyl groups excluding tert-OH is 1. The van der Waals surface area contributed by atoms with Gasteiger partial charge in [-0.2, -0.15) is 4.31 Å². The number of aliphatic hydroxyl groups is 1. The quantitative estimate of drug-likeness (QED) is 0.916. The third kappa shape index (κ3) is 2.79. The van der Waals surface area contributed by atoms with Crippen LogP contribution < -0.4 is 0 Å². The van der Waals surface area contributed by atoms with Crippen LogP contribution in [0.2, 0.25) is 0 Å². The molecule has 18 heavy (non-hydrogen) atoms. The highest BCUT2D eigenvalue weighted by Crippen LogP contribution is 2.29. The molecule has 5 nitrogen and oxygen atoms in total. The molecule has 1 aliphatic heterocycles. The maximum Gasteiger partial charge on any atom is 0.247 e. The van der Waals surface area contributed by atoms with Crippen molar-refractivity contribution in [1.29, 1.82) is 0 Å².